The molecule has 1 aromatic carbocycles. The van der Waals surface area contributed by atoms with E-state index in [2.05, 4.69) is 0 Å². The first-order valence-electron chi connectivity index (χ1n) is 4.51. The zero-order chi connectivity index (χ0) is 13.3. The second kappa shape index (κ2) is 4.37. The zero-order valence-corrected chi connectivity index (χ0v) is 9.51. The minimum atomic E-state index is -4.77. The third-order valence-electron chi connectivity index (χ3n) is 2.15. The minimum absolute atomic E-state index is 0.678. The number of halogens is 3. The predicted molar refractivity (Wildman–Crippen MR) is 53.7 cm³/mol. The summed E-state index contributed by atoms with van der Waals surface area (Å²) in [4.78, 5) is -0.860. The normalized spacial score (nSPS) is 14.1. The molecule has 92 valence electrons. The molecule has 1 rings (SSSR count). The van der Waals surface area contributed by atoms with Crippen LogP contribution in [0.1, 0.15) is 12.5 Å². The topological polar surface area (TPSA) is 57.9 Å². The first-order valence-corrected chi connectivity index (χ1v) is 6.05. The molecule has 0 N–H and O–H groups in total. The predicted octanol–water partition coefficient (Wildman–Crippen LogP) is 2.39. The van der Waals surface area contributed by atoms with E-state index >= 15 is 0 Å². The molecule has 0 radical (unpaired) electrons. The second-order valence-electron chi connectivity index (χ2n) is 3.31. The fourth-order valence-corrected chi connectivity index (χ4v) is 2.49. The maximum Gasteiger partial charge on any atom is 0.417 e. The first-order chi connectivity index (χ1) is 7.71. The summed E-state index contributed by atoms with van der Waals surface area (Å²) in [5.74, 6) is 0. The Hall–Kier alpha value is -1.55. The molecule has 3 nitrogen and oxygen atoms in total. The van der Waals surface area contributed by atoms with Gasteiger partial charge in [-0.25, -0.2) is 8.42 Å². The molecule has 0 aliphatic rings. The summed E-state index contributed by atoms with van der Waals surface area (Å²) in [6, 6.07) is 5.24. The van der Waals surface area contributed by atoms with Crippen LogP contribution in [0.2, 0.25) is 0 Å². The Labute approximate surface area is 96.4 Å². The van der Waals surface area contributed by atoms with E-state index in [1.165, 1.54) is 12.1 Å². The summed E-state index contributed by atoms with van der Waals surface area (Å²) in [6.07, 6.45) is -4.77. The van der Waals surface area contributed by atoms with Crippen LogP contribution < -0.4 is 0 Å². The van der Waals surface area contributed by atoms with Crippen molar-refractivity contribution >= 4 is 9.84 Å². The lowest BCUT2D eigenvalue weighted by Gasteiger charge is -2.13. The van der Waals surface area contributed by atoms with Gasteiger partial charge in [-0.05, 0) is 19.1 Å². The van der Waals surface area contributed by atoms with Crippen LogP contribution in [0.15, 0.2) is 29.2 Å². The number of nitriles is 1. The number of nitrogens with zero attached hydrogens (tertiary/aromatic N) is 1. The SMILES string of the molecule is CC(C#N)S(=O)(=O)c1ccccc1C(F)(F)F. The molecule has 0 fully saturated rings. The van der Waals surface area contributed by atoms with E-state index in [-0.39, 0.29) is 0 Å². The van der Waals surface area contributed by atoms with Crippen molar-refractivity contribution < 1.29 is 21.6 Å². The Morgan fingerprint density at radius 2 is 1.82 bits per heavy atom. The van der Waals surface area contributed by atoms with Crippen molar-refractivity contribution in [3.05, 3.63) is 29.8 Å². The third-order valence-corrected chi connectivity index (χ3v) is 4.15. The van der Waals surface area contributed by atoms with E-state index in [0.717, 1.165) is 19.1 Å². The molecule has 0 saturated heterocycles. The Morgan fingerprint density at radius 1 is 1.29 bits per heavy atom. The highest BCUT2D eigenvalue weighted by Crippen LogP contribution is 2.35. The van der Waals surface area contributed by atoms with Crippen LogP contribution >= 0.6 is 0 Å². The Bertz CT molecular complexity index is 558. The fourth-order valence-electron chi connectivity index (χ4n) is 1.21. The number of benzene rings is 1. The summed E-state index contributed by atoms with van der Waals surface area (Å²) in [5, 5.41) is 6.99. The van der Waals surface area contributed by atoms with Gasteiger partial charge in [0.15, 0.2) is 9.84 Å². The molecule has 17 heavy (non-hydrogen) atoms. The average molecular weight is 263 g/mol. The van der Waals surface area contributed by atoms with Gasteiger partial charge < -0.3 is 0 Å². The molecule has 0 saturated carbocycles. The molecule has 0 aliphatic carbocycles. The molecule has 1 unspecified atom stereocenters. The lowest BCUT2D eigenvalue weighted by molar-refractivity contribution is -0.139. The van der Waals surface area contributed by atoms with E-state index < -0.39 is 31.7 Å². The highest BCUT2D eigenvalue weighted by atomic mass is 32.2. The van der Waals surface area contributed by atoms with E-state index in [1.807, 2.05) is 0 Å². The maximum absolute atomic E-state index is 12.6. The van der Waals surface area contributed by atoms with Crippen LogP contribution in [0, 0.1) is 11.3 Å². The fraction of sp³-hybridized carbons (Fsp3) is 0.300. The minimum Gasteiger partial charge on any atom is -0.222 e. The Kier molecular flexibility index (Phi) is 3.48. The van der Waals surface area contributed by atoms with Crippen molar-refractivity contribution in [1.29, 1.82) is 5.26 Å². The summed E-state index contributed by atoms with van der Waals surface area (Å²) >= 11 is 0. The third kappa shape index (κ3) is 2.58. The molecule has 0 heterocycles. The molecule has 1 atom stereocenters. The van der Waals surface area contributed by atoms with E-state index in [9.17, 15) is 21.6 Å². The number of hydrogen-bond donors (Lipinski definition) is 0. The van der Waals surface area contributed by atoms with Crippen LogP contribution in [-0.2, 0) is 16.0 Å². The van der Waals surface area contributed by atoms with Crippen LogP contribution in [0.5, 0.6) is 0 Å². The molecule has 0 aromatic heterocycles. The van der Waals surface area contributed by atoms with E-state index in [4.69, 9.17) is 5.26 Å². The van der Waals surface area contributed by atoms with Crippen LogP contribution in [0.25, 0.3) is 0 Å². The zero-order valence-electron chi connectivity index (χ0n) is 8.69. The summed E-state index contributed by atoms with van der Waals surface area (Å²) < 4.78 is 61.2. The van der Waals surface area contributed by atoms with Gasteiger partial charge in [0.05, 0.1) is 16.5 Å². The number of hydrogen-bond acceptors (Lipinski definition) is 3. The monoisotopic (exact) mass is 263 g/mol. The van der Waals surface area contributed by atoms with Crippen molar-refractivity contribution in [2.75, 3.05) is 0 Å². The van der Waals surface area contributed by atoms with Gasteiger partial charge in [-0.1, -0.05) is 12.1 Å². The maximum atomic E-state index is 12.6. The van der Waals surface area contributed by atoms with Gasteiger partial charge >= 0.3 is 6.18 Å². The molecule has 0 amide bonds. The second-order valence-corrected chi connectivity index (χ2v) is 5.55. The molecular formula is C10H8F3NO2S. The standard InChI is InChI=1S/C10H8F3NO2S/c1-7(6-14)17(15,16)9-5-3-2-4-8(9)10(11,12)13/h2-5,7H,1H3. The molecule has 0 bridgehead atoms. The lowest BCUT2D eigenvalue weighted by Crippen LogP contribution is -2.20. The van der Waals surface area contributed by atoms with Crippen LogP contribution in [-0.4, -0.2) is 13.7 Å². The van der Waals surface area contributed by atoms with Gasteiger partial charge in [-0.15, -0.1) is 0 Å². The molecule has 1 aromatic rings. The first kappa shape index (κ1) is 13.5. The average Bonchev–Trinajstić information content (AvgIpc) is 2.26. The highest BCUT2D eigenvalue weighted by Gasteiger charge is 2.38. The van der Waals surface area contributed by atoms with Gasteiger partial charge in [0.2, 0.25) is 0 Å². The number of sulfone groups is 1. The van der Waals surface area contributed by atoms with Gasteiger partial charge in [0.25, 0.3) is 0 Å². The van der Waals surface area contributed by atoms with Crippen molar-refractivity contribution in [2.45, 2.75) is 23.2 Å². The molecular weight excluding hydrogens is 255 g/mol. The number of rotatable bonds is 2. The van der Waals surface area contributed by atoms with Crippen LogP contribution in [0.3, 0.4) is 0 Å². The summed E-state index contributed by atoms with van der Waals surface area (Å²) in [6.45, 7) is 1.04. The van der Waals surface area contributed by atoms with Crippen LogP contribution in [0.4, 0.5) is 13.2 Å². The van der Waals surface area contributed by atoms with Gasteiger partial charge in [0, 0.05) is 0 Å². The Balaban J connectivity index is 3.50. The summed E-state index contributed by atoms with van der Waals surface area (Å²) in [7, 11) is -4.28. The Morgan fingerprint density at radius 3 is 2.29 bits per heavy atom. The van der Waals surface area contributed by atoms with Crippen molar-refractivity contribution in [2.24, 2.45) is 0 Å². The largest absolute Gasteiger partial charge is 0.417 e. The smallest absolute Gasteiger partial charge is 0.222 e. The number of alkyl halides is 3. The van der Waals surface area contributed by atoms with Gasteiger partial charge in [-0.3, -0.25) is 0 Å². The highest BCUT2D eigenvalue weighted by molar-refractivity contribution is 7.92. The molecule has 0 aliphatic heterocycles. The van der Waals surface area contributed by atoms with Crippen molar-refractivity contribution in [3.8, 4) is 6.07 Å². The lowest BCUT2D eigenvalue weighted by atomic mass is 10.2. The van der Waals surface area contributed by atoms with Gasteiger partial charge in [0.1, 0.15) is 5.25 Å². The van der Waals surface area contributed by atoms with Crippen molar-refractivity contribution in [1.82, 2.24) is 0 Å². The van der Waals surface area contributed by atoms with Crippen molar-refractivity contribution in [3.63, 3.8) is 0 Å². The molecule has 7 heteroatoms. The van der Waals surface area contributed by atoms with E-state index in [0.29, 0.717) is 6.07 Å². The summed E-state index contributed by atoms with van der Waals surface area (Å²) in [5.41, 5.74) is -1.25. The quantitative estimate of drug-likeness (QED) is 0.823. The molecule has 0 spiro atoms. The van der Waals surface area contributed by atoms with Gasteiger partial charge in [-0.2, -0.15) is 18.4 Å². The van der Waals surface area contributed by atoms with E-state index in [1.54, 1.807) is 0 Å².